The van der Waals surface area contributed by atoms with Gasteiger partial charge in [0, 0.05) is 48.7 Å². The molecule has 0 aliphatic carbocycles. The van der Waals surface area contributed by atoms with Gasteiger partial charge in [0.15, 0.2) is 11.2 Å². The molecule has 11 aromatic rings. The molecule has 0 atom stereocenters. The van der Waals surface area contributed by atoms with E-state index in [1.807, 2.05) is 12.4 Å². The Morgan fingerprint density at radius 3 is 0.952 bits per heavy atom. The number of nitrogens with zero attached hydrogens (tertiary/aromatic N) is 4. The van der Waals surface area contributed by atoms with E-state index in [0.717, 1.165) is 83.1 Å². The van der Waals surface area contributed by atoms with Crippen LogP contribution in [0.15, 0.2) is 112 Å². The number of benzene rings is 5. The number of aromatic nitrogens is 4. The molecule has 0 unspecified atom stereocenters. The highest BCUT2D eigenvalue weighted by atomic mass is 16.3. The average Bonchev–Trinajstić information content (AvgIpc) is 3.96. The Kier molecular flexibility index (Phi) is 8.04. The SMILES string of the molecule is Cc1c2oc3cnc(-n4c5ccc(C(C)(C)C)cc5c5cc(C(C)(C)C)ccc54)cc3c2cc2c1oc1cnc(-n3c4ccc(C(C)(C)C)cc4c4cc(C(C)(C)C)ccc43)cc12. The molecule has 0 radical (unpaired) electrons. The first-order valence-electron chi connectivity index (χ1n) is 22.4. The van der Waals surface area contributed by atoms with Crippen molar-refractivity contribution in [1.82, 2.24) is 19.1 Å². The Balaban J connectivity index is 1.12. The molecule has 0 N–H and O–H groups in total. The van der Waals surface area contributed by atoms with Crippen molar-refractivity contribution < 1.29 is 8.83 Å². The molecule has 63 heavy (non-hydrogen) atoms. The van der Waals surface area contributed by atoms with Crippen molar-refractivity contribution in [3.05, 3.63) is 131 Å². The molecule has 0 fully saturated rings. The summed E-state index contributed by atoms with van der Waals surface area (Å²) < 4.78 is 17.9. The zero-order valence-corrected chi connectivity index (χ0v) is 38.9. The van der Waals surface area contributed by atoms with Gasteiger partial charge < -0.3 is 8.83 Å². The topological polar surface area (TPSA) is 61.9 Å². The molecule has 6 aromatic heterocycles. The van der Waals surface area contributed by atoms with Crippen molar-refractivity contribution in [3.63, 3.8) is 0 Å². The quantitative estimate of drug-likeness (QED) is 0.174. The summed E-state index contributed by atoms with van der Waals surface area (Å²) in [5, 5.41) is 9.05. The van der Waals surface area contributed by atoms with E-state index in [4.69, 9.17) is 18.8 Å². The van der Waals surface area contributed by atoms with Gasteiger partial charge >= 0.3 is 0 Å². The van der Waals surface area contributed by atoms with Crippen LogP contribution in [0.5, 0.6) is 0 Å². The summed E-state index contributed by atoms with van der Waals surface area (Å²) in [6.45, 7) is 29.5. The minimum absolute atomic E-state index is 0.0180. The molecule has 11 rings (SSSR count). The summed E-state index contributed by atoms with van der Waals surface area (Å²) in [7, 11) is 0. The second kappa shape index (κ2) is 12.8. The third-order valence-electron chi connectivity index (χ3n) is 13.6. The standard InChI is InChI=1S/C57H56N4O2/c1-31-52-42(40-27-50(58-29-48(40)62-52)60-44-18-14-32(54(2,3)4)22-36(44)37-23-33(55(5,6)7)15-19-45(37)60)26-43-41-28-51(59-30-49(41)63-53(31)43)61-46-20-16-34(56(8,9)10)24-38(46)39-25-35(57(11,12)13)17-21-47(39)61/h14-30H,1-13H3. The Morgan fingerprint density at radius 1 is 0.365 bits per heavy atom. The molecule has 6 heteroatoms. The van der Waals surface area contributed by atoms with E-state index in [0.29, 0.717) is 0 Å². The molecule has 6 nitrogen and oxygen atoms in total. The molecule has 0 saturated heterocycles. The van der Waals surface area contributed by atoms with E-state index in [1.165, 1.54) is 43.8 Å². The predicted molar refractivity (Wildman–Crippen MR) is 265 cm³/mol. The lowest BCUT2D eigenvalue weighted by atomic mass is 9.85. The minimum atomic E-state index is 0.0180. The van der Waals surface area contributed by atoms with Gasteiger partial charge in [0.1, 0.15) is 22.8 Å². The van der Waals surface area contributed by atoms with E-state index in [2.05, 4.69) is 190 Å². The van der Waals surface area contributed by atoms with Crippen molar-refractivity contribution >= 4 is 87.5 Å². The second-order valence-corrected chi connectivity index (χ2v) is 22.1. The summed E-state index contributed by atoms with van der Waals surface area (Å²) in [5.74, 6) is 1.71. The van der Waals surface area contributed by atoms with Crippen LogP contribution in [-0.4, -0.2) is 19.1 Å². The lowest BCUT2D eigenvalue weighted by molar-refractivity contribution is 0.590. The number of hydrogen-bond donors (Lipinski definition) is 0. The minimum Gasteiger partial charge on any atom is -0.454 e. The van der Waals surface area contributed by atoms with Crippen molar-refractivity contribution in [2.24, 2.45) is 0 Å². The Labute approximate surface area is 368 Å². The van der Waals surface area contributed by atoms with Crippen LogP contribution in [0.4, 0.5) is 0 Å². The average molecular weight is 829 g/mol. The van der Waals surface area contributed by atoms with E-state index >= 15 is 0 Å². The maximum absolute atomic E-state index is 6.64. The van der Waals surface area contributed by atoms with Gasteiger partial charge in [0.25, 0.3) is 0 Å². The summed E-state index contributed by atoms with van der Waals surface area (Å²) in [6, 6.07) is 34.3. The molecule has 5 aromatic carbocycles. The number of furan rings is 2. The van der Waals surface area contributed by atoms with E-state index < -0.39 is 0 Å². The van der Waals surface area contributed by atoms with Gasteiger partial charge in [-0.3, -0.25) is 9.13 Å². The highest BCUT2D eigenvalue weighted by molar-refractivity contribution is 6.18. The molecule has 0 aliphatic heterocycles. The predicted octanol–water partition coefficient (Wildman–Crippen LogP) is 16.0. The van der Waals surface area contributed by atoms with Crippen LogP contribution >= 0.6 is 0 Å². The number of aryl methyl sites for hydroxylation is 1. The van der Waals surface area contributed by atoms with Gasteiger partial charge in [0.2, 0.25) is 0 Å². The van der Waals surface area contributed by atoms with E-state index in [-0.39, 0.29) is 21.7 Å². The highest BCUT2D eigenvalue weighted by Gasteiger charge is 2.25. The Morgan fingerprint density at radius 2 is 0.667 bits per heavy atom. The molecule has 0 aliphatic rings. The van der Waals surface area contributed by atoms with Crippen LogP contribution < -0.4 is 0 Å². The largest absolute Gasteiger partial charge is 0.454 e. The molecule has 316 valence electrons. The zero-order valence-electron chi connectivity index (χ0n) is 38.9. The fraction of sp³-hybridized carbons (Fsp3) is 0.298. The molecule has 6 heterocycles. The van der Waals surface area contributed by atoms with Gasteiger partial charge in [-0.15, -0.1) is 0 Å². The third kappa shape index (κ3) is 5.97. The smallest absolute Gasteiger partial charge is 0.153 e. The Hall–Kier alpha value is -6.40. The normalized spacial score (nSPS) is 13.5. The fourth-order valence-corrected chi connectivity index (χ4v) is 9.76. The molecular weight excluding hydrogens is 773 g/mol. The maximum atomic E-state index is 6.64. The first-order valence-corrected chi connectivity index (χ1v) is 22.4. The molecule has 0 saturated carbocycles. The van der Waals surface area contributed by atoms with Gasteiger partial charge in [-0.1, -0.05) is 107 Å². The van der Waals surface area contributed by atoms with Crippen LogP contribution in [0.1, 0.15) is 111 Å². The number of fused-ring (bicyclic) bond motifs is 12. The first-order chi connectivity index (χ1) is 29.6. The van der Waals surface area contributed by atoms with Crippen molar-refractivity contribution in [2.45, 2.75) is 112 Å². The lowest BCUT2D eigenvalue weighted by Crippen LogP contribution is -2.10. The third-order valence-corrected chi connectivity index (χ3v) is 13.6. The van der Waals surface area contributed by atoms with E-state index in [9.17, 15) is 0 Å². The van der Waals surface area contributed by atoms with Crippen molar-refractivity contribution in [1.29, 1.82) is 0 Å². The molecular formula is C57H56N4O2. The van der Waals surface area contributed by atoms with Crippen molar-refractivity contribution in [2.75, 3.05) is 0 Å². The summed E-state index contributed by atoms with van der Waals surface area (Å²) >= 11 is 0. The van der Waals surface area contributed by atoms with Gasteiger partial charge in [-0.05, 0) is 118 Å². The first kappa shape index (κ1) is 39.4. The summed E-state index contributed by atoms with van der Waals surface area (Å²) in [4.78, 5) is 10.2. The molecule has 0 amide bonds. The van der Waals surface area contributed by atoms with Gasteiger partial charge in [0.05, 0.1) is 34.5 Å². The van der Waals surface area contributed by atoms with E-state index in [1.54, 1.807) is 0 Å². The monoisotopic (exact) mass is 828 g/mol. The highest BCUT2D eigenvalue weighted by Crippen LogP contribution is 2.43. The number of rotatable bonds is 2. The van der Waals surface area contributed by atoms with Crippen LogP contribution in [0.2, 0.25) is 0 Å². The Bertz CT molecular complexity index is 3340. The maximum Gasteiger partial charge on any atom is 0.153 e. The van der Waals surface area contributed by atoms with Crippen LogP contribution in [0.25, 0.3) is 99.1 Å². The fourth-order valence-electron chi connectivity index (χ4n) is 9.76. The lowest BCUT2D eigenvalue weighted by Gasteiger charge is -2.19. The van der Waals surface area contributed by atoms with Crippen LogP contribution in [0, 0.1) is 6.92 Å². The van der Waals surface area contributed by atoms with Crippen molar-refractivity contribution in [3.8, 4) is 11.6 Å². The second-order valence-electron chi connectivity index (χ2n) is 22.1. The summed E-state index contributed by atoms with van der Waals surface area (Å²) in [6.07, 6.45) is 3.77. The van der Waals surface area contributed by atoms with Gasteiger partial charge in [-0.25, -0.2) is 9.97 Å². The number of hydrogen-bond acceptors (Lipinski definition) is 4. The number of pyridine rings is 2. The summed E-state index contributed by atoms with van der Waals surface area (Å²) in [5.41, 5.74) is 13.9. The van der Waals surface area contributed by atoms with Crippen LogP contribution in [0.3, 0.4) is 0 Å². The molecule has 0 spiro atoms. The zero-order chi connectivity index (χ0) is 44.3. The van der Waals surface area contributed by atoms with Gasteiger partial charge in [-0.2, -0.15) is 0 Å². The van der Waals surface area contributed by atoms with Crippen LogP contribution in [-0.2, 0) is 21.7 Å². The molecule has 0 bridgehead atoms.